The number of carbonyl (C=O) groups is 1. The summed E-state index contributed by atoms with van der Waals surface area (Å²) < 4.78 is 5.59. The van der Waals surface area contributed by atoms with Gasteiger partial charge in [0.1, 0.15) is 18.2 Å². The van der Waals surface area contributed by atoms with Crippen LogP contribution in [0, 0.1) is 0 Å². The first-order valence-electron chi connectivity index (χ1n) is 5.64. The number of carbonyl (C=O) groups excluding carboxylic acids is 1. The normalized spacial score (nSPS) is 9.95. The number of benzene rings is 1. The van der Waals surface area contributed by atoms with Gasteiger partial charge >= 0.3 is 0 Å². The Labute approximate surface area is 110 Å². The Bertz CT molecular complexity index is 586. The number of aromatic nitrogens is 1. The lowest BCUT2D eigenvalue weighted by molar-refractivity contribution is 0.0996. The minimum Gasteiger partial charge on any atom is -0.488 e. The first kappa shape index (κ1) is 12.8. The van der Waals surface area contributed by atoms with Crippen LogP contribution in [0.25, 0.3) is 0 Å². The van der Waals surface area contributed by atoms with Gasteiger partial charge < -0.3 is 15.9 Å². The van der Waals surface area contributed by atoms with E-state index in [9.17, 15) is 4.79 Å². The lowest BCUT2D eigenvalue weighted by Gasteiger charge is -2.11. The number of primary amides is 1. The molecular formula is C13H14N4O2. The summed E-state index contributed by atoms with van der Waals surface area (Å²) in [4.78, 5) is 15.3. The number of para-hydroxylation sites is 1. The van der Waals surface area contributed by atoms with E-state index in [1.54, 1.807) is 36.5 Å². The van der Waals surface area contributed by atoms with Crippen molar-refractivity contribution in [2.45, 2.75) is 6.61 Å². The van der Waals surface area contributed by atoms with Crippen molar-refractivity contribution >= 4 is 11.7 Å². The highest BCUT2D eigenvalue weighted by Crippen LogP contribution is 2.20. The van der Waals surface area contributed by atoms with Crippen LogP contribution in [0.3, 0.4) is 0 Å². The van der Waals surface area contributed by atoms with Gasteiger partial charge in [0.2, 0.25) is 0 Å². The van der Waals surface area contributed by atoms with Gasteiger partial charge in [-0.1, -0.05) is 18.2 Å². The molecule has 1 heterocycles. The number of nitrogens with two attached hydrogens (primary N) is 2. The number of amides is 1. The summed E-state index contributed by atoms with van der Waals surface area (Å²) in [5.41, 5.74) is 8.89. The predicted octanol–water partition coefficient (Wildman–Crippen LogP) is 1.05. The summed E-state index contributed by atoms with van der Waals surface area (Å²) in [6.45, 7) is 0.234. The molecule has 5 N–H and O–H groups in total. The van der Waals surface area contributed by atoms with Gasteiger partial charge in [0.05, 0.1) is 5.56 Å². The van der Waals surface area contributed by atoms with Crippen LogP contribution < -0.4 is 21.7 Å². The zero-order valence-electron chi connectivity index (χ0n) is 10.2. The summed E-state index contributed by atoms with van der Waals surface area (Å²) in [6.07, 6.45) is 1.62. The van der Waals surface area contributed by atoms with Crippen LogP contribution in [-0.2, 0) is 6.61 Å². The standard InChI is InChI=1S/C13H14N4O2/c14-12(18)10-5-1-2-6-11(10)19-8-9-4-3-7-16-13(9)17-15/h1-7H,8,15H2,(H2,14,18)(H,16,17). The Morgan fingerprint density at radius 3 is 2.79 bits per heavy atom. The molecule has 1 amide bonds. The Kier molecular flexibility index (Phi) is 3.94. The van der Waals surface area contributed by atoms with Crippen molar-refractivity contribution in [3.05, 3.63) is 53.7 Å². The molecule has 0 aliphatic rings. The SMILES string of the molecule is NNc1ncccc1COc1ccccc1C(N)=O. The summed E-state index contributed by atoms with van der Waals surface area (Å²) in [6, 6.07) is 10.4. The van der Waals surface area contributed by atoms with Crippen molar-refractivity contribution < 1.29 is 9.53 Å². The van der Waals surface area contributed by atoms with E-state index in [1.807, 2.05) is 6.07 Å². The predicted molar refractivity (Wildman–Crippen MR) is 71.3 cm³/mol. The molecule has 1 aromatic heterocycles. The van der Waals surface area contributed by atoms with E-state index in [4.69, 9.17) is 16.3 Å². The van der Waals surface area contributed by atoms with E-state index >= 15 is 0 Å². The highest BCUT2D eigenvalue weighted by Gasteiger charge is 2.09. The van der Waals surface area contributed by atoms with E-state index in [1.165, 1.54) is 0 Å². The molecule has 0 fully saturated rings. The topological polar surface area (TPSA) is 103 Å². The number of hydrogen-bond donors (Lipinski definition) is 3. The Morgan fingerprint density at radius 1 is 1.26 bits per heavy atom. The molecule has 19 heavy (non-hydrogen) atoms. The van der Waals surface area contributed by atoms with Crippen LogP contribution >= 0.6 is 0 Å². The fraction of sp³-hybridized carbons (Fsp3) is 0.0769. The quantitative estimate of drug-likeness (QED) is 0.549. The molecule has 0 spiro atoms. The van der Waals surface area contributed by atoms with Crippen LogP contribution in [0.4, 0.5) is 5.82 Å². The second-order valence-corrected chi connectivity index (χ2v) is 3.80. The molecule has 2 aromatic rings. The fourth-order valence-electron chi connectivity index (χ4n) is 1.64. The Balaban J connectivity index is 2.17. The van der Waals surface area contributed by atoms with Crippen LogP contribution in [-0.4, -0.2) is 10.9 Å². The maximum Gasteiger partial charge on any atom is 0.252 e. The number of nitrogens with one attached hydrogen (secondary N) is 1. The smallest absolute Gasteiger partial charge is 0.252 e. The first-order valence-corrected chi connectivity index (χ1v) is 5.64. The molecule has 1 aromatic carbocycles. The molecule has 0 aliphatic heterocycles. The number of hydrazine groups is 1. The average Bonchev–Trinajstić information content (AvgIpc) is 2.45. The Morgan fingerprint density at radius 2 is 2.05 bits per heavy atom. The molecule has 0 aliphatic carbocycles. The zero-order chi connectivity index (χ0) is 13.7. The van der Waals surface area contributed by atoms with Crippen molar-refractivity contribution in [3.8, 4) is 5.75 Å². The van der Waals surface area contributed by atoms with Crippen molar-refractivity contribution in [3.63, 3.8) is 0 Å². The number of nitrogen functional groups attached to an aromatic ring is 1. The lowest BCUT2D eigenvalue weighted by atomic mass is 10.2. The molecule has 0 bridgehead atoms. The molecule has 98 valence electrons. The van der Waals surface area contributed by atoms with Crippen LogP contribution in [0.5, 0.6) is 5.75 Å². The van der Waals surface area contributed by atoms with Gasteiger partial charge in [0, 0.05) is 11.8 Å². The second-order valence-electron chi connectivity index (χ2n) is 3.80. The molecule has 6 nitrogen and oxygen atoms in total. The maximum atomic E-state index is 11.3. The van der Waals surface area contributed by atoms with Crippen LogP contribution in [0.1, 0.15) is 15.9 Å². The van der Waals surface area contributed by atoms with E-state index in [0.717, 1.165) is 5.56 Å². The second kappa shape index (κ2) is 5.83. The number of ether oxygens (including phenoxy) is 1. The van der Waals surface area contributed by atoms with Gasteiger partial charge in [-0.3, -0.25) is 4.79 Å². The van der Waals surface area contributed by atoms with Gasteiger partial charge in [-0.2, -0.15) is 0 Å². The lowest BCUT2D eigenvalue weighted by Crippen LogP contribution is -2.14. The van der Waals surface area contributed by atoms with Crippen molar-refractivity contribution in [1.29, 1.82) is 0 Å². The summed E-state index contributed by atoms with van der Waals surface area (Å²) >= 11 is 0. The number of pyridine rings is 1. The Hall–Kier alpha value is -2.60. The van der Waals surface area contributed by atoms with Crippen LogP contribution in [0.2, 0.25) is 0 Å². The van der Waals surface area contributed by atoms with E-state index in [0.29, 0.717) is 17.1 Å². The molecule has 2 rings (SSSR count). The first-order chi connectivity index (χ1) is 9.22. The van der Waals surface area contributed by atoms with Crippen molar-refractivity contribution in [1.82, 2.24) is 4.98 Å². The van der Waals surface area contributed by atoms with Crippen molar-refractivity contribution in [2.24, 2.45) is 11.6 Å². The zero-order valence-corrected chi connectivity index (χ0v) is 10.2. The minimum absolute atomic E-state index is 0.234. The highest BCUT2D eigenvalue weighted by atomic mass is 16.5. The molecule has 0 saturated carbocycles. The monoisotopic (exact) mass is 258 g/mol. The third-order valence-electron chi connectivity index (χ3n) is 2.56. The molecule has 0 unspecified atom stereocenters. The molecule has 0 saturated heterocycles. The van der Waals surface area contributed by atoms with Gasteiger partial charge in [0.25, 0.3) is 5.91 Å². The minimum atomic E-state index is -0.529. The third kappa shape index (κ3) is 2.99. The fourth-order valence-corrected chi connectivity index (χ4v) is 1.64. The summed E-state index contributed by atoms with van der Waals surface area (Å²) in [7, 11) is 0. The summed E-state index contributed by atoms with van der Waals surface area (Å²) in [5, 5.41) is 0. The van der Waals surface area contributed by atoms with Gasteiger partial charge in [-0.25, -0.2) is 10.8 Å². The maximum absolute atomic E-state index is 11.3. The molecule has 6 heteroatoms. The highest BCUT2D eigenvalue weighted by molar-refractivity contribution is 5.95. The van der Waals surface area contributed by atoms with Gasteiger partial charge in [-0.05, 0) is 18.2 Å². The van der Waals surface area contributed by atoms with E-state index in [2.05, 4.69) is 10.4 Å². The molecule has 0 atom stereocenters. The molecular weight excluding hydrogens is 244 g/mol. The number of rotatable bonds is 5. The molecule has 0 radical (unpaired) electrons. The number of hydrogen-bond acceptors (Lipinski definition) is 5. The van der Waals surface area contributed by atoms with E-state index in [-0.39, 0.29) is 6.61 Å². The van der Waals surface area contributed by atoms with Crippen LogP contribution in [0.15, 0.2) is 42.6 Å². The average molecular weight is 258 g/mol. The van der Waals surface area contributed by atoms with Gasteiger partial charge in [-0.15, -0.1) is 0 Å². The number of anilines is 1. The number of nitrogens with zero attached hydrogens (tertiary/aromatic N) is 1. The van der Waals surface area contributed by atoms with Crippen molar-refractivity contribution in [2.75, 3.05) is 5.43 Å². The summed E-state index contributed by atoms with van der Waals surface area (Å²) in [5.74, 6) is 5.79. The third-order valence-corrected chi connectivity index (χ3v) is 2.56. The largest absolute Gasteiger partial charge is 0.488 e. The van der Waals surface area contributed by atoms with E-state index < -0.39 is 5.91 Å². The van der Waals surface area contributed by atoms with Gasteiger partial charge in [0.15, 0.2) is 0 Å².